The lowest BCUT2D eigenvalue weighted by Crippen LogP contribution is -2.48. The van der Waals surface area contributed by atoms with Crippen molar-refractivity contribution in [3.63, 3.8) is 0 Å². The lowest BCUT2D eigenvalue weighted by Gasteiger charge is -2.28. The van der Waals surface area contributed by atoms with Gasteiger partial charge in [-0.15, -0.1) is 0 Å². The van der Waals surface area contributed by atoms with E-state index >= 15 is 0 Å². The van der Waals surface area contributed by atoms with Crippen molar-refractivity contribution in [3.8, 4) is 11.1 Å². The molecule has 1 aliphatic heterocycles. The van der Waals surface area contributed by atoms with E-state index in [-0.39, 0.29) is 30.1 Å². The molecule has 11 heteroatoms. The summed E-state index contributed by atoms with van der Waals surface area (Å²) in [6, 6.07) is 12.7. The van der Waals surface area contributed by atoms with E-state index in [1.54, 1.807) is 6.07 Å². The molecule has 2 aromatic rings. The average molecular weight is 523 g/mol. The van der Waals surface area contributed by atoms with E-state index in [4.69, 9.17) is 11.6 Å². The van der Waals surface area contributed by atoms with Crippen molar-refractivity contribution < 1.29 is 33.0 Å². The minimum Gasteiger partial charge on any atom is -0.479 e. The molecule has 0 aromatic heterocycles. The Bertz CT molecular complexity index is 1240. The van der Waals surface area contributed by atoms with Crippen LogP contribution < -0.4 is 5.32 Å². The summed E-state index contributed by atoms with van der Waals surface area (Å²) >= 11 is 6.39. The Morgan fingerprint density at radius 3 is 2.40 bits per heavy atom. The van der Waals surface area contributed by atoms with Gasteiger partial charge in [0, 0.05) is 42.4 Å². The first-order valence-corrected chi connectivity index (χ1v) is 13.3. The quantitative estimate of drug-likeness (QED) is 0.471. The van der Waals surface area contributed by atoms with Crippen LogP contribution in [0.15, 0.2) is 48.5 Å². The SMILES string of the molecule is CC(CC(O)(C(=O)O)c1ccc(-c2ccccc2)c(Cl)c1)NC(=O)C(=O)N1CCC(S(C)(=O)=O)C1. The Labute approximate surface area is 208 Å². The maximum absolute atomic E-state index is 12.5. The van der Waals surface area contributed by atoms with E-state index in [2.05, 4.69) is 5.32 Å². The molecule has 2 aromatic carbocycles. The molecule has 3 rings (SSSR count). The molecule has 1 heterocycles. The van der Waals surface area contributed by atoms with Gasteiger partial charge in [-0.05, 0) is 30.5 Å². The topological polar surface area (TPSA) is 141 Å². The lowest BCUT2D eigenvalue weighted by atomic mass is 9.86. The summed E-state index contributed by atoms with van der Waals surface area (Å²) in [6.07, 6.45) is 0.888. The molecular formula is C24H27ClN2O7S. The van der Waals surface area contributed by atoms with Gasteiger partial charge in [0.2, 0.25) is 0 Å². The summed E-state index contributed by atoms with van der Waals surface area (Å²) in [4.78, 5) is 38.1. The first-order valence-electron chi connectivity index (χ1n) is 10.9. The number of benzene rings is 2. The first kappa shape index (κ1) is 26.7. The van der Waals surface area contributed by atoms with Crippen LogP contribution >= 0.6 is 11.6 Å². The van der Waals surface area contributed by atoms with Crippen LogP contribution in [0.3, 0.4) is 0 Å². The number of aliphatic carboxylic acids is 1. The van der Waals surface area contributed by atoms with Crippen LogP contribution in [-0.2, 0) is 29.8 Å². The monoisotopic (exact) mass is 522 g/mol. The molecule has 3 unspecified atom stereocenters. The van der Waals surface area contributed by atoms with Crippen LogP contribution in [0.2, 0.25) is 5.02 Å². The van der Waals surface area contributed by atoms with E-state index < -0.39 is 50.9 Å². The second-order valence-corrected chi connectivity index (χ2v) is 11.5. The molecule has 1 fully saturated rings. The zero-order chi connectivity index (χ0) is 26.0. The van der Waals surface area contributed by atoms with Crippen molar-refractivity contribution in [3.05, 3.63) is 59.1 Å². The molecule has 3 atom stereocenters. The predicted octanol–water partition coefficient (Wildman–Crippen LogP) is 1.82. The van der Waals surface area contributed by atoms with Crippen molar-refractivity contribution in [2.75, 3.05) is 19.3 Å². The fourth-order valence-corrected chi connectivity index (χ4v) is 5.41. The van der Waals surface area contributed by atoms with Crippen LogP contribution in [-0.4, -0.2) is 72.0 Å². The van der Waals surface area contributed by atoms with Crippen molar-refractivity contribution in [1.29, 1.82) is 0 Å². The maximum Gasteiger partial charge on any atom is 0.340 e. The molecule has 0 saturated carbocycles. The number of hydrogen-bond acceptors (Lipinski definition) is 6. The van der Waals surface area contributed by atoms with Crippen LogP contribution in [0.4, 0.5) is 0 Å². The van der Waals surface area contributed by atoms with Crippen molar-refractivity contribution >= 4 is 39.2 Å². The van der Waals surface area contributed by atoms with Gasteiger partial charge in [0.15, 0.2) is 15.4 Å². The van der Waals surface area contributed by atoms with Gasteiger partial charge in [-0.25, -0.2) is 13.2 Å². The van der Waals surface area contributed by atoms with Gasteiger partial charge in [0.05, 0.1) is 5.25 Å². The smallest absolute Gasteiger partial charge is 0.340 e. The Morgan fingerprint density at radius 2 is 1.86 bits per heavy atom. The number of aliphatic hydroxyl groups is 1. The molecule has 3 N–H and O–H groups in total. The van der Waals surface area contributed by atoms with Gasteiger partial charge in [-0.1, -0.05) is 54.1 Å². The summed E-state index contributed by atoms with van der Waals surface area (Å²) in [5.74, 6) is -3.45. The van der Waals surface area contributed by atoms with Crippen LogP contribution in [0.25, 0.3) is 11.1 Å². The number of rotatable bonds is 7. The molecule has 0 radical (unpaired) electrons. The zero-order valence-corrected chi connectivity index (χ0v) is 20.8. The van der Waals surface area contributed by atoms with Crippen molar-refractivity contribution in [2.45, 2.75) is 36.7 Å². The molecule has 188 valence electrons. The van der Waals surface area contributed by atoms with E-state index in [1.807, 2.05) is 30.3 Å². The highest BCUT2D eigenvalue weighted by Gasteiger charge is 2.41. The number of carboxylic acids is 1. The van der Waals surface area contributed by atoms with Crippen LogP contribution in [0, 0.1) is 0 Å². The van der Waals surface area contributed by atoms with Crippen LogP contribution in [0.5, 0.6) is 0 Å². The van der Waals surface area contributed by atoms with E-state index in [9.17, 15) is 33.0 Å². The van der Waals surface area contributed by atoms with Crippen LogP contribution in [0.1, 0.15) is 25.3 Å². The van der Waals surface area contributed by atoms with E-state index in [0.717, 1.165) is 16.7 Å². The molecule has 0 spiro atoms. The number of sulfone groups is 1. The normalized spacial score (nSPS) is 18.5. The Balaban J connectivity index is 1.72. The Kier molecular flexibility index (Phi) is 7.88. The number of carbonyl (C=O) groups excluding carboxylic acids is 2. The zero-order valence-electron chi connectivity index (χ0n) is 19.3. The highest BCUT2D eigenvalue weighted by atomic mass is 35.5. The second kappa shape index (κ2) is 10.3. The largest absolute Gasteiger partial charge is 0.479 e. The summed E-state index contributed by atoms with van der Waals surface area (Å²) in [7, 11) is -3.34. The number of hydrogen-bond donors (Lipinski definition) is 3. The number of carbonyl (C=O) groups is 3. The van der Waals surface area contributed by atoms with Gasteiger partial charge in [-0.3, -0.25) is 9.59 Å². The summed E-state index contributed by atoms with van der Waals surface area (Å²) < 4.78 is 23.4. The predicted molar refractivity (Wildman–Crippen MR) is 130 cm³/mol. The third kappa shape index (κ3) is 6.01. The van der Waals surface area contributed by atoms with Crippen molar-refractivity contribution in [1.82, 2.24) is 10.2 Å². The first-order chi connectivity index (χ1) is 16.3. The minimum absolute atomic E-state index is 0.0256. The molecular weight excluding hydrogens is 496 g/mol. The molecule has 2 amide bonds. The third-order valence-corrected chi connectivity index (χ3v) is 8.00. The molecule has 1 saturated heterocycles. The molecule has 0 bridgehead atoms. The minimum atomic E-state index is -3.34. The van der Waals surface area contributed by atoms with E-state index in [0.29, 0.717) is 5.56 Å². The molecule has 9 nitrogen and oxygen atoms in total. The highest BCUT2D eigenvalue weighted by Crippen LogP contribution is 2.34. The number of nitrogens with zero attached hydrogens (tertiary/aromatic N) is 1. The molecule has 1 aliphatic rings. The van der Waals surface area contributed by atoms with Crippen molar-refractivity contribution in [2.24, 2.45) is 0 Å². The summed E-state index contributed by atoms with van der Waals surface area (Å²) in [5.41, 5.74) is -0.877. The van der Waals surface area contributed by atoms with Gasteiger partial charge in [-0.2, -0.15) is 0 Å². The maximum atomic E-state index is 12.5. The average Bonchev–Trinajstić information content (AvgIpc) is 3.29. The fraction of sp³-hybridized carbons (Fsp3) is 0.375. The van der Waals surface area contributed by atoms with Gasteiger partial charge in [0.25, 0.3) is 0 Å². The van der Waals surface area contributed by atoms with Gasteiger partial charge in [0.1, 0.15) is 0 Å². The standard InChI is InChI=1S/C24H27ClN2O7S/c1-15(26-21(28)22(29)27-11-10-18(14-27)35(2,33)34)13-24(32,23(30)31)17-8-9-19(20(25)12-17)16-6-4-3-5-7-16/h3-9,12,15,18,32H,10-11,13-14H2,1-2H3,(H,26,28)(H,30,31). The number of likely N-dealkylation sites (tertiary alicyclic amines) is 1. The highest BCUT2D eigenvalue weighted by molar-refractivity contribution is 7.91. The number of amides is 2. The number of carboxylic acid groups (broad SMARTS) is 1. The Hall–Kier alpha value is -2.95. The number of nitrogens with one attached hydrogen (secondary N) is 1. The Morgan fingerprint density at radius 1 is 1.20 bits per heavy atom. The summed E-state index contributed by atoms with van der Waals surface area (Å²) in [6.45, 7) is 1.51. The number of halogens is 1. The lowest BCUT2D eigenvalue weighted by molar-refractivity contribution is -0.161. The second-order valence-electron chi connectivity index (χ2n) is 8.80. The molecule has 35 heavy (non-hydrogen) atoms. The fourth-order valence-electron chi connectivity index (χ4n) is 4.14. The third-order valence-electron chi connectivity index (χ3n) is 6.10. The van der Waals surface area contributed by atoms with Gasteiger partial charge >= 0.3 is 17.8 Å². The van der Waals surface area contributed by atoms with E-state index in [1.165, 1.54) is 19.1 Å². The summed E-state index contributed by atoms with van der Waals surface area (Å²) in [5, 5.41) is 22.8. The molecule has 0 aliphatic carbocycles. The van der Waals surface area contributed by atoms with Gasteiger partial charge < -0.3 is 20.4 Å².